The van der Waals surface area contributed by atoms with Crippen molar-refractivity contribution < 1.29 is 28.6 Å². The minimum absolute atomic E-state index is 0.135. The van der Waals surface area contributed by atoms with Crippen LogP contribution in [0, 0.1) is 11.8 Å². The lowest BCUT2D eigenvalue weighted by Gasteiger charge is -2.46. The van der Waals surface area contributed by atoms with Crippen molar-refractivity contribution in [2.45, 2.75) is 114 Å². The smallest absolute Gasteiger partial charge is 0.330 e. The summed E-state index contributed by atoms with van der Waals surface area (Å²) >= 11 is 0. The maximum atomic E-state index is 16.4. The molecule has 7 aromatic rings. The molecule has 0 spiro atoms. The third kappa shape index (κ3) is 9.21. The molecule has 364 valence electrons. The van der Waals surface area contributed by atoms with Crippen molar-refractivity contribution >= 4 is 45.5 Å². The molecule has 0 saturated heterocycles. The van der Waals surface area contributed by atoms with Gasteiger partial charge in [-0.2, -0.15) is 0 Å². The second-order valence-electron chi connectivity index (χ2n) is 19.5. The summed E-state index contributed by atoms with van der Waals surface area (Å²) in [6.07, 6.45) is 8.13. The number of fused-ring (bicyclic) bond motifs is 2. The van der Waals surface area contributed by atoms with Crippen LogP contribution in [0.5, 0.6) is 11.5 Å². The molecule has 0 aliphatic heterocycles. The Balaban J connectivity index is 1.25. The SMILES string of the molecule is COc1ccc(-c2nc3ccccc3n2C(CC(C)CC(C(=O)OC2(C(N)=O)CCCCC2)n2c(-c3ccc(N)cc3)nc3ccccc32)(C(=O)NC(C)c2ccccc2)C2CCCCC2)c(OC)c1. The molecule has 5 aromatic carbocycles. The maximum Gasteiger partial charge on any atom is 0.330 e. The number of hydrogen-bond donors (Lipinski definition) is 3. The lowest BCUT2D eigenvalue weighted by Crippen LogP contribution is -2.56. The number of nitrogen functional groups attached to an aromatic ring is 1. The second-order valence-corrected chi connectivity index (χ2v) is 19.5. The van der Waals surface area contributed by atoms with E-state index in [0.29, 0.717) is 72.0 Å². The van der Waals surface area contributed by atoms with E-state index in [9.17, 15) is 4.79 Å². The summed E-state index contributed by atoms with van der Waals surface area (Å²) < 4.78 is 22.4. The number of rotatable bonds is 17. The largest absolute Gasteiger partial charge is 0.497 e. The summed E-state index contributed by atoms with van der Waals surface area (Å²) in [5, 5.41) is 3.55. The molecule has 4 unspecified atom stereocenters. The molecule has 13 heteroatoms. The maximum absolute atomic E-state index is 16.4. The number of amides is 2. The molecule has 2 saturated carbocycles. The third-order valence-corrected chi connectivity index (χ3v) is 15.0. The first kappa shape index (κ1) is 47.9. The number of nitrogens with one attached hydrogen (secondary N) is 1. The molecular formula is C57H65N7O6. The Morgan fingerprint density at radius 1 is 0.757 bits per heavy atom. The van der Waals surface area contributed by atoms with Gasteiger partial charge in [0.1, 0.15) is 34.7 Å². The molecule has 2 aromatic heterocycles. The van der Waals surface area contributed by atoms with Gasteiger partial charge >= 0.3 is 5.97 Å². The number of benzene rings is 5. The van der Waals surface area contributed by atoms with Crippen LogP contribution in [0.2, 0.25) is 0 Å². The number of esters is 1. The predicted molar refractivity (Wildman–Crippen MR) is 274 cm³/mol. The molecule has 9 rings (SSSR count). The monoisotopic (exact) mass is 943 g/mol. The van der Waals surface area contributed by atoms with Crippen LogP contribution in [0.3, 0.4) is 0 Å². The summed E-state index contributed by atoms with van der Waals surface area (Å²) in [5.74, 6) is 0.473. The highest BCUT2D eigenvalue weighted by Gasteiger charge is 2.52. The number of methoxy groups -OCH3 is 2. The standard InChI is InChI=1S/C57H65N7O6/c1-37(34-49(53(65)70-56(54(59)66)32-16-7-17-33-56)63-47-24-14-12-22-45(47)61-51(63)40-26-28-42(58)29-27-40)36-57(41-20-10-6-11-21-41,55(67)60-38(2)39-18-8-5-9-19-39)64-48-25-15-13-23-46(48)62-52(64)44-31-30-43(68-3)35-50(44)69-4/h5,8-9,12-15,18-19,22-31,35,37-38,41,49H,6-7,10-11,16-17,20-21,32-34,36,58H2,1-4H3,(H2,59,66)(H,60,67). The van der Waals surface area contributed by atoms with Gasteiger partial charge in [-0.1, -0.05) is 87.2 Å². The van der Waals surface area contributed by atoms with Gasteiger partial charge in [-0.15, -0.1) is 0 Å². The van der Waals surface area contributed by atoms with E-state index in [1.807, 2.05) is 133 Å². The first-order valence-electron chi connectivity index (χ1n) is 24.9. The first-order valence-corrected chi connectivity index (χ1v) is 24.9. The van der Waals surface area contributed by atoms with Crippen molar-refractivity contribution in [1.82, 2.24) is 24.4 Å². The minimum Gasteiger partial charge on any atom is -0.497 e. The number of aromatic nitrogens is 4. The molecule has 2 heterocycles. The molecule has 2 fully saturated rings. The number of nitrogens with two attached hydrogens (primary N) is 2. The highest BCUT2D eigenvalue weighted by molar-refractivity contribution is 5.92. The molecular weight excluding hydrogens is 879 g/mol. The van der Waals surface area contributed by atoms with Gasteiger partial charge in [0.2, 0.25) is 5.91 Å². The lowest BCUT2D eigenvalue weighted by atomic mass is 9.68. The highest BCUT2D eigenvalue weighted by Crippen LogP contribution is 2.49. The summed E-state index contributed by atoms with van der Waals surface area (Å²) in [4.78, 5) is 55.8. The number of ether oxygens (including phenoxy) is 3. The number of primary amides is 1. The summed E-state index contributed by atoms with van der Waals surface area (Å²) in [7, 11) is 3.25. The van der Waals surface area contributed by atoms with Crippen molar-refractivity contribution in [3.05, 3.63) is 127 Å². The number of para-hydroxylation sites is 4. The number of hydrogen-bond acceptors (Lipinski definition) is 9. The van der Waals surface area contributed by atoms with Crippen LogP contribution >= 0.6 is 0 Å². The van der Waals surface area contributed by atoms with Crippen LogP contribution in [0.4, 0.5) is 5.69 Å². The summed E-state index contributed by atoms with van der Waals surface area (Å²) in [5.41, 5.74) is 15.6. The topological polar surface area (TPSA) is 179 Å². The zero-order valence-corrected chi connectivity index (χ0v) is 40.7. The van der Waals surface area contributed by atoms with Crippen molar-refractivity contribution in [2.75, 3.05) is 20.0 Å². The number of anilines is 1. The normalized spacial score (nSPS) is 17.3. The molecule has 2 aliphatic carbocycles. The molecule has 5 N–H and O–H groups in total. The van der Waals surface area contributed by atoms with E-state index >= 15 is 9.59 Å². The van der Waals surface area contributed by atoms with Gasteiger partial charge in [-0.3, -0.25) is 9.59 Å². The van der Waals surface area contributed by atoms with Crippen LogP contribution in [-0.4, -0.2) is 56.7 Å². The number of nitrogens with zero attached hydrogens (tertiary/aromatic N) is 4. The van der Waals surface area contributed by atoms with Gasteiger partial charge in [-0.25, -0.2) is 14.8 Å². The van der Waals surface area contributed by atoms with E-state index in [1.54, 1.807) is 14.2 Å². The lowest BCUT2D eigenvalue weighted by molar-refractivity contribution is -0.174. The summed E-state index contributed by atoms with van der Waals surface area (Å²) in [6, 6.07) is 37.5. The quantitative estimate of drug-likeness (QED) is 0.0592. The highest BCUT2D eigenvalue weighted by atomic mass is 16.6. The molecule has 0 radical (unpaired) electrons. The van der Waals surface area contributed by atoms with Crippen molar-refractivity contribution in [1.29, 1.82) is 0 Å². The molecule has 0 bridgehead atoms. The Kier molecular flexibility index (Phi) is 14.0. The van der Waals surface area contributed by atoms with Crippen LogP contribution < -0.4 is 26.3 Å². The minimum atomic E-state index is -1.45. The zero-order valence-electron chi connectivity index (χ0n) is 40.7. The fourth-order valence-electron chi connectivity index (χ4n) is 11.4. The molecule has 2 aliphatic rings. The molecule has 70 heavy (non-hydrogen) atoms. The fourth-order valence-corrected chi connectivity index (χ4v) is 11.4. The van der Waals surface area contributed by atoms with Gasteiger partial charge in [-0.05, 0) is 136 Å². The third-order valence-electron chi connectivity index (χ3n) is 15.0. The van der Waals surface area contributed by atoms with E-state index in [-0.39, 0.29) is 30.2 Å². The Hall–Kier alpha value is -7.15. The second kappa shape index (κ2) is 20.4. The molecule has 4 atom stereocenters. The average Bonchev–Trinajstić information content (AvgIpc) is 3.97. The Bertz CT molecular complexity index is 2970. The van der Waals surface area contributed by atoms with Gasteiger partial charge in [0, 0.05) is 17.3 Å². The molecule has 2 amide bonds. The van der Waals surface area contributed by atoms with Crippen molar-refractivity contribution in [3.63, 3.8) is 0 Å². The van der Waals surface area contributed by atoms with E-state index < -0.39 is 29.1 Å². The van der Waals surface area contributed by atoms with Crippen LogP contribution in [0.25, 0.3) is 44.8 Å². The Morgan fingerprint density at radius 2 is 1.39 bits per heavy atom. The average molecular weight is 944 g/mol. The van der Waals surface area contributed by atoms with Gasteiger partial charge in [0.25, 0.3) is 5.91 Å². The van der Waals surface area contributed by atoms with E-state index in [0.717, 1.165) is 66.2 Å². The Labute approximate surface area is 409 Å². The fraction of sp³-hybridized carbons (Fsp3) is 0.386. The number of carbonyl (C=O) groups excluding carboxylic acids is 3. The predicted octanol–water partition coefficient (Wildman–Crippen LogP) is 10.9. The summed E-state index contributed by atoms with van der Waals surface area (Å²) in [6.45, 7) is 4.14. The van der Waals surface area contributed by atoms with Crippen molar-refractivity contribution in [2.24, 2.45) is 17.6 Å². The van der Waals surface area contributed by atoms with E-state index in [2.05, 4.69) is 16.8 Å². The zero-order chi connectivity index (χ0) is 49.0. The van der Waals surface area contributed by atoms with Gasteiger partial charge in [0.05, 0.1) is 47.9 Å². The van der Waals surface area contributed by atoms with Crippen LogP contribution in [0.15, 0.2) is 121 Å². The number of carbonyl (C=O) groups is 3. The molecule has 13 nitrogen and oxygen atoms in total. The van der Waals surface area contributed by atoms with Gasteiger partial charge in [0.15, 0.2) is 5.60 Å². The number of imidazole rings is 2. The first-order chi connectivity index (χ1) is 34.0. The van der Waals surface area contributed by atoms with Crippen molar-refractivity contribution in [3.8, 4) is 34.3 Å². The van der Waals surface area contributed by atoms with Gasteiger partial charge < -0.3 is 40.1 Å². The van der Waals surface area contributed by atoms with E-state index in [4.69, 9.17) is 35.6 Å². The van der Waals surface area contributed by atoms with Crippen LogP contribution in [-0.2, 0) is 24.7 Å². The van der Waals surface area contributed by atoms with E-state index in [1.165, 1.54) is 0 Å². The van der Waals surface area contributed by atoms with Crippen LogP contribution in [0.1, 0.15) is 109 Å². The Morgan fingerprint density at radius 3 is 2.06 bits per heavy atom.